The second-order valence-electron chi connectivity index (χ2n) is 5.97. The molecule has 2 amide bonds. The maximum Gasteiger partial charge on any atom is 0.322 e. The predicted octanol–water partition coefficient (Wildman–Crippen LogP) is 3.97. The van der Waals surface area contributed by atoms with Gasteiger partial charge in [0.05, 0.1) is 11.7 Å². The molecule has 3 rings (SSSR count). The number of hydrogen-bond donors (Lipinski definition) is 1. The summed E-state index contributed by atoms with van der Waals surface area (Å²) in [5.41, 5.74) is 3.90. The van der Waals surface area contributed by atoms with Crippen LogP contribution in [0.25, 0.3) is 0 Å². The van der Waals surface area contributed by atoms with Gasteiger partial charge in [0.1, 0.15) is 0 Å². The zero-order chi connectivity index (χ0) is 15.7. The minimum atomic E-state index is -0.0785. The quantitative estimate of drug-likeness (QED) is 0.912. The maximum atomic E-state index is 12.6. The van der Waals surface area contributed by atoms with E-state index in [2.05, 4.69) is 10.5 Å². The number of nitrogens with zero attached hydrogens (tertiary/aromatic N) is 2. The van der Waals surface area contributed by atoms with Crippen LogP contribution in [-0.2, 0) is 0 Å². The third-order valence-electron chi connectivity index (χ3n) is 4.12. The number of carbonyl (C=O) groups is 1. The molecule has 1 aromatic heterocycles. The Labute approximate surface area is 130 Å². The van der Waals surface area contributed by atoms with Crippen LogP contribution in [0.2, 0.25) is 0 Å². The van der Waals surface area contributed by atoms with E-state index in [-0.39, 0.29) is 12.1 Å². The molecule has 22 heavy (non-hydrogen) atoms. The van der Waals surface area contributed by atoms with Crippen LogP contribution < -0.4 is 5.32 Å². The Morgan fingerprint density at radius 3 is 2.86 bits per heavy atom. The minimum Gasteiger partial charge on any atom is -0.359 e. The van der Waals surface area contributed by atoms with Crippen molar-refractivity contribution in [1.29, 1.82) is 0 Å². The van der Waals surface area contributed by atoms with E-state index in [0.717, 1.165) is 47.7 Å². The van der Waals surface area contributed by atoms with E-state index in [1.54, 1.807) is 0 Å². The molecule has 0 spiro atoms. The predicted molar refractivity (Wildman–Crippen MR) is 84.9 cm³/mol. The summed E-state index contributed by atoms with van der Waals surface area (Å²) in [6.45, 7) is 6.64. The Kier molecular flexibility index (Phi) is 3.88. The molecule has 0 unspecified atom stereocenters. The number of rotatable bonds is 2. The van der Waals surface area contributed by atoms with Gasteiger partial charge in [-0.05, 0) is 50.8 Å². The van der Waals surface area contributed by atoms with Gasteiger partial charge in [-0.3, -0.25) is 0 Å². The second-order valence-corrected chi connectivity index (χ2v) is 5.97. The van der Waals surface area contributed by atoms with E-state index in [9.17, 15) is 4.79 Å². The number of nitrogens with one attached hydrogen (secondary N) is 1. The van der Waals surface area contributed by atoms with E-state index in [0.29, 0.717) is 0 Å². The molecule has 116 valence electrons. The third kappa shape index (κ3) is 2.84. The van der Waals surface area contributed by atoms with Gasteiger partial charge in [0.15, 0.2) is 5.76 Å². The average molecular weight is 299 g/mol. The van der Waals surface area contributed by atoms with Crippen molar-refractivity contribution in [3.8, 4) is 0 Å². The van der Waals surface area contributed by atoms with Crippen LogP contribution in [0.3, 0.4) is 0 Å². The van der Waals surface area contributed by atoms with Crippen molar-refractivity contribution in [2.45, 2.75) is 39.7 Å². The lowest BCUT2D eigenvalue weighted by Gasteiger charge is -2.23. The first kappa shape index (κ1) is 14.6. The van der Waals surface area contributed by atoms with Crippen LogP contribution >= 0.6 is 0 Å². The molecule has 2 aromatic rings. The molecule has 1 aliphatic rings. The number of hydrogen-bond acceptors (Lipinski definition) is 3. The van der Waals surface area contributed by atoms with Crippen molar-refractivity contribution < 1.29 is 9.32 Å². The molecule has 1 atom stereocenters. The number of likely N-dealkylation sites (tertiary alicyclic amines) is 1. The molecule has 1 saturated heterocycles. The largest absolute Gasteiger partial charge is 0.359 e. The topological polar surface area (TPSA) is 58.4 Å². The summed E-state index contributed by atoms with van der Waals surface area (Å²) in [7, 11) is 0. The molecule has 1 fully saturated rings. The Balaban J connectivity index is 1.77. The van der Waals surface area contributed by atoms with Gasteiger partial charge in [-0.1, -0.05) is 17.3 Å². The number of carbonyl (C=O) groups excluding carboxylic acids is 1. The van der Waals surface area contributed by atoms with Gasteiger partial charge in [0, 0.05) is 18.3 Å². The van der Waals surface area contributed by atoms with Crippen molar-refractivity contribution in [3.63, 3.8) is 0 Å². The maximum absolute atomic E-state index is 12.6. The van der Waals surface area contributed by atoms with Crippen LogP contribution in [-0.4, -0.2) is 22.6 Å². The zero-order valence-corrected chi connectivity index (χ0v) is 13.2. The summed E-state index contributed by atoms with van der Waals surface area (Å²) in [6, 6.07) is 7.87. The summed E-state index contributed by atoms with van der Waals surface area (Å²) < 4.78 is 5.35. The van der Waals surface area contributed by atoms with Crippen LogP contribution in [0.5, 0.6) is 0 Å². The Hall–Kier alpha value is -2.30. The zero-order valence-electron chi connectivity index (χ0n) is 13.2. The summed E-state index contributed by atoms with van der Waals surface area (Å²) in [6.07, 6.45) is 1.89. The van der Waals surface area contributed by atoms with Gasteiger partial charge in [-0.2, -0.15) is 0 Å². The van der Waals surface area contributed by atoms with Crippen LogP contribution in [0.15, 0.2) is 28.8 Å². The highest BCUT2D eigenvalue weighted by Crippen LogP contribution is 2.33. The normalized spacial score (nSPS) is 17.8. The van der Waals surface area contributed by atoms with E-state index in [1.165, 1.54) is 0 Å². The van der Waals surface area contributed by atoms with Crippen molar-refractivity contribution in [2.24, 2.45) is 0 Å². The number of aryl methyl sites for hydroxylation is 3. The molecule has 5 nitrogen and oxygen atoms in total. The van der Waals surface area contributed by atoms with E-state index in [4.69, 9.17) is 4.52 Å². The van der Waals surface area contributed by atoms with Gasteiger partial charge < -0.3 is 14.7 Å². The molecule has 0 aliphatic carbocycles. The summed E-state index contributed by atoms with van der Waals surface area (Å²) in [5.74, 6) is 0.770. The highest BCUT2D eigenvalue weighted by molar-refractivity contribution is 5.90. The lowest BCUT2D eigenvalue weighted by atomic mass is 10.1. The number of aromatic nitrogens is 1. The van der Waals surface area contributed by atoms with E-state index in [1.807, 2.05) is 49.9 Å². The number of urea groups is 1. The van der Waals surface area contributed by atoms with Crippen LogP contribution in [0.1, 0.15) is 41.5 Å². The smallest absolute Gasteiger partial charge is 0.322 e. The van der Waals surface area contributed by atoms with Crippen LogP contribution in [0, 0.1) is 20.8 Å². The first-order valence-corrected chi connectivity index (χ1v) is 7.62. The van der Waals surface area contributed by atoms with Gasteiger partial charge in [-0.15, -0.1) is 0 Å². The van der Waals surface area contributed by atoms with Crippen molar-refractivity contribution in [3.05, 3.63) is 46.8 Å². The lowest BCUT2D eigenvalue weighted by Crippen LogP contribution is -2.34. The molecule has 1 aliphatic heterocycles. The molecule has 2 heterocycles. The molecular formula is C17H21N3O2. The minimum absolute atomic E-state index is 0.0219. The summed E-state index contributed by atoms with van der Waals surface area (Å²) >= 11 is 0. The van der Waals surface area contributed by atoms with Crippen molar-refractivity contribution >= 4 is 11.7 Å². The monoisotopic (exact) mass is 299 g/mol. The fourth-order valence-corrected chi connectivity index (χ4v) is 2.90. The highest BCUT2D eigenvalue weighted by atomic mass is 16.5. The number of benzene rings is 1. The fraction of sp³-hybridized carbons (Fsp3) is 0.412. The van der Waals surface area contributed by atoms with Gasteiger partial charge >= 0.3 is 6.03 Å². The first-order chi connectivity index (χ1) is 10.5. The SMILES string of the molecule is Cc1ccc(C)c(NC(=O)N2CCC[C@@H]2c2cc(C)no2)c1. The van der Waals surface area contributed by atoms with E-state index >= 15 is 0 Å². The van der Waals surface area contributed by atoms with Gasteiger partial charge in [-0.25, -0.2) is 4.79 Å². The van der Waals surface area contributed by atoms with Crippen molar-refractivity contribution in [1.82, 2.24) is 10.1 Å². The fourth-order valence-electron chi connectivity index (χ4n) is 2.90. The molecule has 0 radical (unpaired) electrons. The molecule has 0 saturated carbocycles. The Morgan fingerprint density at radius 2 is 2.14 bits per heavy atom. The first-order valence-electron chi connectivity index (χ1n) is 7.62. The number of amides is 2. The lowest BCUT2D eigenvalue weighted by molar-refractivity contribution is 0.195. The third-order valence-corrected chi connectivity index (χ3v) is 4.12. The Bertz CT molecular complexity index is 693. The van der Waals surface area contributed by atoms with Crippen LogP contribution in [0.4, 0.5) is 10.5 Å². The molecular weight excluding hydrogens is 278 g/mol. The highest BCUT2D eigenvalue weighted by Gasteiger charge is 2.32. The Morgan fingerprint density at radius 1 is 1.32 bits per heavy atom. The van der Waals surface area contributed by atoms with Crippen molar-refractivity contribution in [2.75, 3.05) is 11.9 Å². The standard InChI is InChI=1S/C17H21N3O2/c1-11-6-7-12(2)14(9-11)18-17(21)20-8-4-5-15(20)16-10-13(3)19-22-16/h6-7,9-10,15H,4-5,8H2,1-3H3,(H,18,21)/t15-/m1/s1. The number of anilines is 1. The molecule has 1 N–H and O–H groups in total. The molecule has 0 bridgehead atoms. The summed E-state index contributed by atoms with van der Waals surface area (Å²) in [5, 5.41) is 6.96. The molecule has 5 heteroatoms. The average Bonchev–Trinajstić information content (AvgIpc) is 3.11. The van der Waals surface area contributed by atoms with E-state index < -0.39 is 0 Å². The second kappa shape index (κ2) is 5.83. The molecule has 1 aromatic carbocycles. The van der Waals surface area contributed by atoms with Gasteiger partial charge in [0.2, 0.25) is 0 Å². The summed E-state index contributed by atoms with van der Waals surface area (Å²) in [4.78, 5) is 14.5. The van der Waals surface area contributed by atoms with Gasteiger partial charge in [0.25, 0.3) is 0 Å².